The van der Waals surface area contributed by atoms with E-state index < -0.39 is 0 Å². The van der Waals surface area contributed by atoms with E-state index in [1.807, 2.05) is 4.57 Å². The topological polar surface area (TPSA) is 62.1 Å². The zero-order valence-corrected chi connectivity index (χ0v) is 17.6. The molecule has 0 radical (unpaired) electrons. The fraction of sp³-hybridized carbons (Fsp3) is 0.333. The molecule has 0 aliphatic heterocycles. The van der Waals surface area contributed by atoms with Crippen LogP contribution in [0.4, 0.5) is 0 Å². The third-order valence-electron chi connectivity index (χ3n) is 4.46. The van der Waals surface area contributed by atoms with Crippen molar-refractivity contribution in [3.8, 4) is 11.5 Å². The molecule has 1 heterocycles. The summed E-state index contributed by atoms with van der Waals surface area (Å²) in [6.45, 7) is 5.30. The first kappa shape index (κ1) is 20.1. The average Bonchev–Trinajstić information content (AvgIpc) is 3.02. The number of nitrogens with zero attached hydrogens (tertiary/aromatic N) is 2. The Labute approximate surface area is 168 Å². The van der Waals surface area contributed by atoms with Crippen LogP contribution in [0.15, 0.2) is 35.3 Å². The number of carbonyl (C=O) groups is 1. The molecule has 0 aliphatic carbocycles. The van der Waals surface area contributed by atoms with E-state index in [0.717, 1.165) is 10.2 Å². The van der Waals surface area contributed by atoms with Crippen molar-refractivity contribution in [2.24, 2.45) is 4.99 Å². The van der Waals surface area contributed by atoms with Crippen molar-refractivity contribution < 1.29 is 19.0 Å². The zero-order chi connectivity index (χ0) is 20.3. The highest BCUT2D eigenvalue weighted by molar-refractivity contribution is 7.16. The van der Waals surface area contributed by atoms with Crippen LogP contribution < -0.4 is 14.3 Å². The number of aromatic nitrogens is 1. The first-order valence-corrected chi connectivity index (χ1v) is 9.70. The standard InChI is InChI=1S/C21H24N2O4S/c1-13-10-14(2)19-16(11-13)23(8-9-25-3)21(28-19)22-20(24)15-6-7-17(26-4)18(12-15)27-5/h6-7,10-12H,8-9H2,1-5H3. The molecule has 7 heteroatoms. The van der Waals surface area contributed by atoms with Gasteiger partial charge in [-0.25, -0.2) is 0 Å². The number of thiazole rings is 1. The quantitative estimate of drug-likeness (QED) is 0.633. The van der Waals surface area contributed by atoms with E-state index >= 15 is 0 Å². The molecular weight excluding hydrogens is 376 g/mol. The number of aryl methyl sites for hydroxylation is 2. The van der Waals surface area contributed by atoms with Crippen molar-refractivity contribution in [3.05, 3.63) is 51.8 Å². The van der Waals surface area contributed by atoms with Crippen LogP contribution in [0, 0.1) is 13.8 Å². The van der Waals surface area contributed by atoms with Crippen molar-refractivity contribution in [2.45, 2.75) is 20.4 Å². The molecule has 0 saturated carbocycles. The maximum atomic E-state index is 12.8. The largest absolute Gasteiger partial charge is 0.493 e. The maximum Gasteiger partial charge on any atom is 0.279 e. The minimum atomic E-state index is -0.326. The zero-order valence-electron chi connectivity index (χ0n) is 16.7. The maximum absolute atomic E-state index is 12.8. The monoisotopic (exact) mass is 400 g/mol. The third kappa shape index (κ3) is 3.95. The van der Waals surface area contributed by atoms with E-state index in [1.165, 1.54) is 22.5 Å². The van der Waals surface area contributed by atoms with E-state index in [2.05, 4.69) is 31.0 Å². The van der Waals surface area contributed by atoms with E-state index in [4.69, 9.17) is 14.2 Å². The Hall–Kier alpha value is -2.64. The molecule has 1 aromatic heterocycles. The Balaban J connectivity index is 2.12. The molecule has 1 amide bonds. The number of ether oxygens (including phenoxy) is 3. The van der Waals surface area contributed by atoms with E-state index in [0.29, 0.717) is 35.0 Å². The van der Waals surface area contributed by atoms with Crippen molar-refractivity contribution >= 4 is 27.5 Å². The minimum Gasteiger partial charge on any atom is -0.493 e. The van der Waals surface area contributed by atoms with E-state index in [-0.39, 0.29) is 5.91 Å². The second-order valence-corrected chi connectivity index (χ2v) is 7.42. The minimum absolute atomic E-state index is 0.326. The van der Waals surface area contributed by atoms with Crippen LogP contribution in [0.5, 0.6) is 11.5 Å². The first-order valence-electron chi connectivity index (χ1n) is 8.89. The lowest BCUT2D eigenvalue weighted by Crippen LogP contribution is -2.19. The van der Waals surface area contributed by atoms with Gasteiger partial charge in [0.05, 0.1) is 31.0 Å². The molecule has 0 atom stereocenters. The molecule has 2 aromatic carbocycles. The Morgan fingerprint density at radius 2 is 1.82 bits per heavy atom. The molecule has 3 aromatic rings. The fourth-order valence-electron chi connectivity index (χ4n) is 3.12. The van der Waals surface area contributed by atoms with Crippen LogP contribution in [0.25, 0.3) is 10.2 Å². The van der Waals surface area contributed by atoms with Gasteiger partial charge in [-0.15, -0.1) is 0 Å². The van der Waals surface area contributed by atoms with Gasteiger partial charge in [0.25, 0.3) is 5.91 Å². The number of carbonyl (C=O) groups excluding carboxylic acids is 1. The van der Waals surface area contributed by atoms with Crippen molar-refractivity contribution in [1.82, 2.24) is 4.57 Å². The lowest BCUT2D eigenvalue weighted by molar-refractivity contribution is 0.0997. The molecule has 0 fully saturated rings. The average molecular weight is 401 g/mol. The van der Waals surface area contributed by atoms with Gasteiger partial charge in [-0.05, 0) is 49.2 Å². The van der Waals surface area contributed by atoms with Gasteiger partial charge in [-0.1, -0.05) is 17.4 Å². The molecule has 0 N–H and O–H groups in total. The molecular formula is C21H24N2O4S. The normalized spacial score (nSPS) is 11.8. The summed E-state index contributed by atoms with van der Waals surface area (Å²) in [4.78, 5) is 17.9. The number of amides is 1. The van der Waals surface area contributed by atoms with Gasteiger partial charge in [-0.2, -0.15) is 4.99 Å². The first-order chi connectivity index (χ1) is 13.5. The summed E-state index contributed by atoms with van der Waals surface area (Å²) in [7, 11) is 4.76. The van der Waals surface area contributed by atoms with Gasteiger partial charge in [-0.3, -0.25) is 4.79 Å². The highest BCUT2D eigenvalue weighted by atomic mass is 32.1. The summed E-state index contributed by atoms with van der Waals surface area (Å²) in [5, 5.41) is 0. The van der Waals surface area contributed by atoms with E-state index in [9.17, 15) is 4.79 Å². The predicted molar refractivity (Wildman–Crippen MR) is 111 cm³/mol. The van der Waals surface area contributed by atoms with Gasteiger partial charge in [0.1, 0.15) is 0 Å². The van der Waals surface area contributed by atoms with Crippen LogP contribution in [0.2, 0.25) is 0 Å². The van der Waals surface area contributed by atoms with Gasteiger partial charge in [0.2, 0.25) is 0 Å². The molecule has 28 heavy (non-hydrogen) atoms. The predicted octanol–water partition coefficient (Wildman–Crippen LogP) is 3.72. The summed E-state index contributed by atoms with van der Waals surface area (Å²) in [5.74, 6) is 0.744. The SMILES string of the molecule is COCCn1c(=NC(=O)c2ccc(OC)c(OC)c2)sc2c(C)cc(C)cc21. The Morgan fingerprint density at radius 1 is 1.07 bits per heavy atom. The molecule has 3 rings (SSSR count). The smallest absolute Gasteiger partial charge is 0.279 e. The van der Waals surface area contributed by atoms with Crippen molar-refractivity contribution in [2.75, 3.05) is 27.9 Å². The van der Waals surface area contributed by atoms with Crippen molar-refractivity contribution in [1.29, 1.82) is 0 Å². The fourth-order valence-corrected chi connectivity index (χ4v) is 4.22. The summed E-state index contributed by atoms with van der Waals surface area (Å²) in [6, 6.07) is 9.30. The van der Waals surface area contributed by atoms with E-state index in [1.54, 1.807) is 39.5 Å². The Kier molecular flexibility index (Phi) is 6.16. The summed E-state index contributed by atoms with van der Waals surface area (Å²) >= 11 is 1.51. The molecule has 0 spiro atoms. The highest BCUT2D eigenvalue weighted by Crippen LogP contribution is 2.28. The highest BCUT2D eigenvalue weighted by Gasteiger charge is 2.13. The van der Waals surface area contributed by atoms with Gasteiger partial charge in [0, 0.05) is 19.2 Å². The number of methoxy groups -OCH3 is 3. The number of hydrogen-bond donors (Lipinski definition) is 0. The van der Waals surface area contributed by atoms with Crippen LogP contribution in [0.1, 0.15) is 21.5 Å². The lowest BCUT2D eigenvalue weighted by atomic mass is 10.1. The second-order valence-electron chi connectivity index (χ2n) is 6.45. The molecule has 0 bridgehead atoms. The van der Waals surface area contributed by atoms with Gasteiger partial charge in [0.15, 0.2) is 16.3 Å². The third-order valence-corrected chi connectivity index (χ3v) is 5.69. The lowest BCUT2D eigenvalue weighted by Gasteiger charge is -2.08. The molecule has 0 aliphatic rings. The van der Waals surface area contributed by atoms with Crippen molar-refractivity contribution in [3.63, 3.8) is 0 Å². The Morgan fingerprint density at radius 3 is 2.50 bits per heavy atom. The molecule has 148 valence electrons. The number of fused-ring (bicyclic) bond motifs is 1. The van der Waals surface area contributed by atoms with Gasteiger partial charge < -0.3 is 18.8 Å². The second kappa shape index (κ2) is 8.58. The van der Waals surface area contributed by atoms with Crippen LogP contribution in [-0.2, 0) is 11.3 Å². The summed E-state index contributed by atoms with van der Waals surface area (Å²) < 4.78 is 18.9. The number of rotatable bonds is 6. The molecule has 6 nitrogen and oxygen atoms in total. The number of hydrogen-bond acceptors (Lipinski definition) is 5. The summed E-state index contributed by atoms with van der Waals surface area (Å²) in [6.07, 6.45) is 0. The summed E-state index contributed by atoms with van der Waals surface area (Å²) in [5.41, 5.74) is 3.86. The van der Waals surface area contributed by atoms with Crippen LogP contribution in [-0.4, -0.2) is 38.4 Å². The molecule has 0 saturated heterocycles. The van der Waals surface area contributed by atoms with Crippen LogP contribution in [0.3, 0.4) is 0 Å². The van der Waals surface area contributed by atoms with Crippen LogP contribution >= 0.6 is 11.3 Å². The van der Waals surface area contributed by atoms with Gasteiger partial charge >= 0.3 is 0 Å². The Bertz CT molecular complexity index is 1080. The molecule has 0 unspecified atom stereocenters. The number of benzene rings is 2.